The molecule has 22 heavy (non-hydrogen) atoms. The molecule has 1 amide bonds. The second-order valence-electron chi connectivity index (χ2n) is 7.40. The number of ether oxygens (including phenoxy) is 1. The molecule has 5 heteroatoms. The predicted molar refractivity (Wildman–Crippen MR) is 82.7 cm³/mol. The van der Waals surface area contributed by atoms with E-state index in [0.717, 1.165) is 30.8 Å². The Hall–Kier alpha value is -1.36. The van der Waals surface area contributed by atoms with Gasteiger partial charge >= 0.3 is 0 Å². The van der Waals surface area contributed by atoms with E-state index in [0.29, 0.717) is 11.1 Å². The molecule has 2 fully saturated rings. The summed E-state index contributed by atoms with van der Waals surface area (Å²) in [6.07, 6.45) is 7.34. The Balaban J connectivity index is 1.52. The molecule has 0 aromatic carbocycles. The van der Waals surface area contributed by atoms with Crippen LogP contribution in [0.5, 0.6) is 0 Å². The Morgan fingerprint density at radius 1 is 1.27 bits per heavy atom. The van der Waals surface area contributed by atoms with E-state index in [1.807, 2.05) is 11.8 Å². The van der Waals surface area contributed by atoms with Crippen LogP contribution < -0.4 is 0 Å². The first kappa shape index (κ1) is 14.2. The zero-order valence-electron chi connectivity index (χ0n) is 13.5. The molecule has 1 aliphatic carbocycles. The summed E-state index contributed by atoms with van der Waals surface area (Å²) in [5.41, 5.74) is 3.24. The molecule has 1 aromatic heterocycles. The third kappa shape index (κ3) is 2.18. The van der Waals surface area contributed by atoms with Crippen LogP contribution >= 0.6 is 0 Å². The fraction of sp³-hybridized carbons (Fsp3) is 0.765. The molecule has 1 saturated carbocycles. The predicted octanol–water partition coefficient (Wildman–Crippen LogP) is 2.84. The zero-order chi connectivity index (χ0) is 15.3. The summed E-state index contributed by atoms with van der Waals surface area (Å²) in [6.45, 7) is 5.86. The maximum Gasteiger partial charge on any atom is 0.274 e. The van der Waals surface area contributed by atoms with Gasteiger partial charge in [0, 0.05) is 25.1 Å². The van der Waals surface area contributed by atoms with Gasteiger partial charge in [0.05, 0.1) is 17.9 Å². The van der Waals surface area contributed by atoms with Crippen molar-refractivity contribution in [3.05, 3.63) is 17.0 Å². The molecular weight excluding hydrogens is 278 g/mol. The van der Waals surface area contributed by atoms with Gasteiger partial charge in [-0.25, -0.2) is 0 Å². The van der Waals surface area contributed by atoms with Crippen molar-refractivity contribution >= 4 is 5.91 Å². The van der Waals surface area contributed by atoms with Crippen LogP contribution in [0.4, 0.5) is 0 Å². The molecule has 1 spiro atoms. The fourth-order valence-electron chi connectivity index (χ4n) is 4.36. The minimum absolute atomic E-state index is 0.00704. The Labute approximate surface area is 131 Å². The zero-order valence-corrected chi connectivity index (χ0v) is 13.5. The molecule has 4 rings (SSSR count). The number of fused-ring (bicyclic) bond motifs is 1. The number of nitrogens with zero attached hydrogens (tertiary/aromatic N) is 2. The molecule has 3 heterocycles. The van der Waals surface area contributed by atoms with Crippen molar-refractivity contribution in [3.63, 3.8) is 0 Å². The molecule has 0 radical (unpaired) electrons. The van der Waals surface area contributed by atoms with Gasteiger partial charge < -0.3 is 9.64 Å². The molecule has 2 atom stereocenters. The first-order chi connectivity index (χ1) is 10.6. The van der Waals surface area contributed by atoms with E-state index in [1.54, 1.807) is 0 Å². The summed E-state index contributed by atoms with van der Waals surface area (Å²) >= 11 is 0. The highest BCUT2D eigenvalue weighted by Crippen LogP contribution is 2.49. The van der Waals surface area contributed by atoms with Crippen molar-refractivity contribution in [2.75, 3.05) is 13.1 Å². The number of hydrogen-bond donors (Lipinski definition) is 1. The number of piperidine rings is 1. The maximum absolute atomic E-state index is 12.9. The van der Waals surface area contributed by atoms with Crippen molar-refractivity contribution in [1.29, 1.82) is 0 Å². The van der Waals surface area contributed by atoms with Crippen LogP contribution in [0.25, 0.3) is 0 Å². The van der Waals surface area contributed by atoms with Gasteiger partial charge in [-0.2, -0.15) is 5.10 Å². The highest BCUT2D eigenvalue weighted by Gasteiger charge is 2.41. The number of nitrogens with one attached hydrogen (secondary N) is 1. The lowest BCUT2D eigenvalue weighted by atomic mass is 9.63. The highest BCUT2D eigenvalue weighted by atomic mass is 16.5. The third-order valence-electron chi connectivity index (χ3n) is 5.96. The topological polar surface area (TPSA) is 58.2 Å². The van der Waals surface area contributed by atoms with Crippen LogP contribution in [0.3, 0.4) is 0 Å². The Kier molecular flexibility index (Phi) is 3.29. The standard InChI is InChI=1S/C17H25N3O2/c1-11-10-13-14(12(2)22-11)18-19-15(13)16(21)20-8-6-17(7-9-20)4-3-5-17/h11-12H,3-10H2,1-2H3,(H,18,19)/t11-,12+/m1/s1. The molecule has 5 nitrogen and oxygen atoms in total. The SMILES string of the molecule is C[C@@H]1Cc2c(C(=O)N3CCC4(CCC4)CC3)n[nH]c2[C@H](C)O1. The van der Waals surface area contributed by atoms with Crippen molar-refractivity contribution in [2.24, 2.45) is 5.41 Å². The number of hydrogen-bond acceptors (Lipinski definition) is 3. The van der Waals surface area contributed by atoms with Gasteiger partial charge in [-0.3, -0.25) is 9.89 Å². The second kappa shape index (κ2) is 5.08. The minimum atomic E-state index is -0.00704. The van der Waals surface area contributed by atoms with E-state index < -0.39 is 0 Å². The van der Waals surface area contributed by atoms with Crippen molar-refractivity contribution < 1.29 is 9.53 Å². The molecule has 1 saturated heterocycles. The molecule has 2 aliphatic heterocycles. The van der Waals surface area contributed by atoms with Gasteiger partial charge in [0.2, 0.25) is 0 Å². The summed E-state index contributed by atoms with van der Waals surface area (Å²) in [7, 11) is 0. The van der Waals surface area contributed by atoms with Gasteiger partial charge in [0.25, 0.3) is 5.91 Å². The van der Waals surface area contributed by atoms with Gasteiger partial charge in [-0.05, 0) is 44.9 Å². The number of aromatic amines is 1. The molecule has 0 bridgehead atoms. The van der Waals surface area contributed by atoms with Gasteiger partial charge in [-0.15, -0.1) is 0 Å². The van der Waals surface area contributed by atoms with Crippen LogP contribution in [0.15, 0.2) is 0 Å². The monoisotopic (exact) mass is 303 g/mol. The number of carbonyl (C=O) groups excluding carboxylic acids is 1. The van der Waals surface area contributed by atoms with Gasteiger partial charge in [0.1, 0.15) is 0 Å². The maximum atomic E-state index is 12.9. The average Bonchev–Trinajstić information content (AvgIpc) is 2.89. The quantitative estimate of drug-likeness (QED) is 0.868. The molecule has 1 N–H and O–H groups in total. The highest BCUT2D eigenvalue weighted by molar-refractivity contribution is 5.94. The van der Waals surface area contributed by atoms with Gasteiger partial charge in [-0.1, -0.05) is 6.42 Å². The van der Waals surface area contributed by atoms with Crippen LogP contribution in [-0.4, -0.2) is 40.2 Å². The van der Waals surface area contributed by atoms with Crippen molar-refractivity contribution in [3.8, 4) is 0 Å². The van der Waals surface area contributed by atoms with E-state index in [9.17, 15) is 4.79 Å². The summed E-state index contributed by atoms with van der Waals surface area (Å²) in [4.78, 5) is 14.9. The smallest absolute Gasteiger partial charge is 0.274 e. The normalized spacial score (nSPS) is 30.0. The molecule has 120 valence electrons. The minimum Gasteiger partial charge on any atom is -0.369 e. The number of likely N-dealkylation sites (tertiary alicyclic amines) is 1. The van der Waals surface area contributed by atoms with Crippen LogP contribution in [0.2, 0.25) is 0 Å². The third-order valence-corrected chi connectivity index (χ3v) is 5.96. The Morgan fingerprint density at radius 3 is 2.64 bits per heavy atom. The van der Waals surface area contributed by atoms with Crippen LogP contribution in [0, 0.1) is 5.41 Å². The summed E-state index contributed by atoms with van der Waals surface area (Å²) in [5, 5.41) is 7.36. The van der Waals surface area contributed by atoms with Crippen LogP contribution in [-0.2, 0) is 11.2 Å². The lowest BCUT2D eigenvalue weighted by Gasteiger charge is -2.47. The van der Waals surface area contributed by atoms with E-state index in [4.69, 9.17) is 4.74 Å². The summed E-state index contributed by atoms with van der Waals surface area (Å²) < 4.78 is 5.80. The molecular formula is C17H25N3O2. The number of rotatable bonds is 1. The van der Waals surface area contributed by atoms with E-state index in [2.05, 4.69) is 17.1 Å². The van der Waals surface area contributed by atoms with E-state index in [1.165, 1.54) is 32.1 Å². The van der Waals surface area contributed by atoms with Crippen molar-refractivity contribution in [1.82, 2.24) is 15.1 Å². The average molecular weight is 303 g/mol. The largest absolute Gasteiger partial charge is 0.369 e. The molecule has 3 aliphatic rings. The first-order valence-electron chi connectivity index (χ1n) is 8.60. The first-order valence-corrected chi connectivity index (χ1v) is 8.60. The lowest BCUT2D eigenvalue weighted by Crippen LogP contribution is -2.46. The summed E-state index contributed by atoms with van der Waals surface area (Å²) in [5.74, 6) is 0.105. The van der Waals surface area contributed by atoms with Crippen molar-refractivity contribution in [2.45, 2.75) is 64.6 Å². The second-order valence-corrected chi connectivity index (χ2v) is 7.40. The van der Waals surface area contributed by atoms with Crippen LogP contribution in [0.1, 0.15) is 73.8 Å². The van der Waals surface area contributed by atoms with E-state index in [-0.39, 0.29) is 18.1 Å². The number of amides is 1. The fourth-order valence-corrected chi connectivity index (χ4v) is 4.36. The molecule has 0 unspecified atom stereocenters. The number of carbonyl (C=O) groups is 1. The number of aromatic nitrogens is 2. The van der Waals surface area contributed by atoms with Gasteiger partial charge in [0.15, 0.2) is 5.69 Å². The van der Waals surface area contributed by atoms with E-state index >= 15 is 0 Å². The Bertz CT molecular complexity index is 581. The number of H-pyrrole nitrogens is 1. The summed E-state index contributed by atoms with van der Waals surface area (Å²) in [6, 6.07) is 0. The Morgan fingerprint density at radius 2 is 2.00 bits per heavy atom. The lowest BCUT2D eigenvalue weighted by molar-refractivity contribution is -0.00710. The molecule has 1 aromatic rings.